The molecule has 3 fully saturated rings. The van der Waals surface area contributed by atoms with Crippen LogP contribution in [-0.4, -0.2) is 47.6 Å². The van der Waals surface area contributed by atoms with Gasteiger partial charge in [-0.05, 0) is 61.4 Å². The summed E-state index contributed by atoms with van der Waals surface area (Å²) in [5, 5.41) is 0. The highest BCUT2D eigenvalue weighted by Crippen LogP contribution is 2.44. The summed E-state index contributed by atoms with van der Waals surface area (Å²) in [7, 11) is 0. The Morgan fingerprint density at radius 2 is 1.93 bits per heavy atom. The molecule has 4 aliphatic heterocycles. The van der Waals surface area contributed by atoms with Crippen LogP contribution >= 0.6 is 0 Å². The molecule has 1 aromatic carbocycles. The maximum atomic E-state index is 6.64. The van der Waals surface area contributed by atoms with Gasteiger partial charge in [0.2, 0.25) is 0 Å². The molecule has 0 saturated carbocycles. The number of ether oxygens (including phenoxy) is 1. The number of hydrogen-bond acceptors (Lipinski definition) is 3. The monoisotopic (exact) mass is 390 g/mol. The lowest BCUT2D eigenvalue weighted by atomic mass is 9.80. The molecule has 0 aromatic heterocycles. The van der Waals surface area contributed by atoms with Gasteiger partial charge in [-0.3, -0.25) is 4.90 Å². The van der Waals surface area contributed by atoms with E-state index in [2.05, 4.69) is 52.3 Å². The van der Waals surface area contributed by atoms with Crippen molar-refractivity contribution in [3.8, 4) is 5.75 Å². The molecule has 1 aromatic rings. The van der Waals surface area contributed by atoms with E-state index < -0.39 is 0 Å². The first kappa shape index (κ1) is 18.2. The first-order chi connectivity index (χ1) is 14.3. The summed E-state index contributed by atoms with van der Waals surface area (Å²) in [5.74, 6) is 2.63. The number of allylic oxidation sites excluding steroid dienone is 3. The third-order valence-electron chi connectivity index (χ3n) is 8.21. The molecule has 3 heteroatoms. The van der Waals surface area contributed by atoms with Crippen molar-refractivity contribution in [1.29, 1.82) is 0 Å². The summed E-state index contributed by atoms with van der Waals surface area (Å²) in [4.78, 5) is 5.38. The second-order valence-corrected chi connectivity index (χ2v) is 10.2. The molecule has 3 unspecified atom stereocenters. The minimum atomic E-state index is 0.0804. The Morgan fingerprint density at radius 1 is 1.00 bits per heavy atom. The number of nitrogens with zero attached hydrogens (tertiary/aromatic N) is 2. The van der Waals surface area contributed by atoms with Gasteiger partial charge in [0.05, 0.1) is 0 Å². The molecule has 0 radical (unpaired) electrons. The van der Waals surface area contributed by atoms with Crippen molar-refractivity contribution in [2.75, 3.05) is 26.2 Å². The van der Waals surface area contributed by atoms with E-state index >= 15 is 0 Å². The van der Waals surface area contributed by atoms with Crippen LogP contribution < -0.4 is 4.74 Å². The normalized spacial score (nSPS) is 36.5. The minimum absolute atomic E-state index is 0.0804. The molecule has 5 aliphatic rings. The molecule has 0 bridgehead atoms. The van der Waals surface area contributed by atoms with Crippen molar-refractivity contribution >= 4 is 0 Å². The zero-order valence-electron chi connectivity index (χ0n) is 17.6. The lowest BCUT2D eigenvalue weighted by Crippen LogP contribution is -2.54. The molecule has 6 rings (SSSR count). The smallest absolute Gasteiger partial charge is 0.123 e. The van der Waals surface area contributed by atoms with Crippen LogP contribution in [0.15, 0.2) is 42.5 Å². The van der Waals surface area contributed by atoms with Crippen molar-refractivity contribution in [2.45, 2.75) is 63.1 Å². The molecular formula is C26H34N2O. The molecule has 0 amide bonds. The highest BCUT2D eigenvalue weighted by Gasteiger charge is 2.46. The maximum Gasteiger partial charge on any atom is 0.123 e. The van der Waals surface area contributed by atoms with Crippen molar-refractivity contribution < 1.29 is 4.74 Å². The molecule has 1 spiro atoms. The fourth-order valence-corrected chi connectivity index (χ4v) is 6.63. The summed E-state index contributed by atoms with van der Waals surface area (Å²) in [6, 6.07) is 7.80. The van der Waals surface area contributed by atoms with E-state index in [9.17, 15) is 0 Å². The van der Waals surface area contributed by atoms with E-state index in [1.165, 1.54) is 75.8 Å². The van der Waals surface area contributed by atoms with E-state index in [1.807, 2.05) is 0 Å². The van der Waals surface area contributed by atoms with Crippen LogP contribution in [-0.2, 0) is 13.0 Å². The van der Waals surface area contributed by atoms with Crippen LogP contribution in [0.5, 0.6) is 5.75 Å². The highest BCUT2D eigenvalue weighted by molar-refractivity contribution is 5.42. The average Bonchev–Trinajstić information content (AvgIpc) is 3.10. The Bertz CT molecular complexity index is 830. The van der Waals surface area contributed by atoms with Crippen molar-refractivity contribution in [2.24, 2.45) is 11.8 Å². The SMILES string of the molecule is C1=CC2CCN(Cc3ccc4c(c3)C[C@@]3(CCN5CCCCC5C3)O4)CC2C=C1. The summed E-state index contributed by atoms with van der Waals surface area (Å²) in [5.41, 5.74) is 3.01. The van der Waals surface area contributed by atoms with E-state index in [1.54, 1.807) is 0 Å². The van der Waals surface area contributed by atoms with Gasteiger partial charge >= 0.3 is 0 Å². The Kier molecular flexibility index (Phi) is 4.57. The lowest BCUT2D eigenvalue weighted by molar-refractivity contribution is -0.0249. The van der Waals surface area contributed by atoms with Crippen LogP contribution in [0.4, 0.5) is 0 Å². The standard InChI is InChI=1S/C26H34N2O/c1-2-6-22-19-27(13-10-21(22)5-1)18-20-8-9-25-23(15-20)16-26(29-25)11-14-28-12-4-3-7-24(28)17-26/h1-2,5-6,8-9,15,21-22,24H,3-4,7,10-14,16-19H2/t21?,22?,24?,26-/m1/s1. The van der Waals surface area contributed by atoms with Gasteiger partial charge in [-0.1, -0.05) is 42.9 Å². The third kappa shape index (κ3) is 3.47. The van der Waals surface area contributed by atoms with Crippen molar-refractivity contribution in [3.05, 3.63) is 53.6 Å². The molecule has 3 saturated heterocycles. The van der Waals surface area contributed by atoms with Gasteiger partial charge in [-0.2, -0.15) is 0 Å². The summed E-state index contributed by atoms with van der Waals surface area (Å²) < 4.78 is 6.64. The highest BCUT2D eigenvalue weighted by atomic mass is 16.5. The maximum absolute atomic E-state index is 6.64. The fraction of sp³-hybridized carbons (Fsp3) is 0.615. The van der Waals surface area contributed by atoms with Gasteiger partial charge in [0.25, 0.3) is 0 Å². The molecule has 4 heterocycles. The van der Waals surface area contributed by atoms with Gasteiger partial charge in [-0.25, -0.2) is 0 Å². The van der Waals surface area contributed by atoms with E-state index in [4.69, 9.17) is 4.74 Å². The zero-order valence-corrected chi connectivity index (χ0v) is 17.6. The van der Waals surface area contributed by atoms with Gasteiger partial charge in [0, 0.05) is 44.9 Å². The minimum Gasteiger partial charge on any atom is -0.487 e. The van der Waals surface area contributed by atoms with E-state index in [-0.39, 0.29) is 5.60 Å². The van der Waals surface area contributed by atoms with Crippen LogP contribution in [0.1, 0.15) is 49.7 Å². The predicted octanol–water partition coefficient (Wildman–Crippen LogP) is 4.57. The quantitative estimate of drug-likeness (QED) is 0.736. The zero-order chi connectivity index (χ0) is 19.3. The molecule has 3 nitrogen and oxygen atoms in total. The largest absolute Gasteiger partial charge is 0.487 e. The molecule has 1 aliphatic carbocycles. The van der Waals surface area contributed by atoms with Crippen LogP contribution in [0, 0.1) is 11.8 Å². The first-order valence-corrected chi connectivity index (χ1v) is 11.9. The van der Waals surface area contributed by atoms with Crippen LogP contribution in [0.2, 0.25) is 0 Å². The molecule has 29 heavy (non-hydrogen) atoms. The Labute approximate surface area is 175 Å². The fourth-order valence-electron chi connectivity index (χ4n) is 6.63. The van der Waals surface area contributed by atoms with Gasteiger partial charge in [0.15, 0.2) is 0 Å². The molecule has 154 valence electrons. The van der Waals surface area contributed by atoms with Crippen molar-refractivity contribution in [1.82, 2.24) is 9.80 Å². The molecule has 0 N–H and O–H groups in total. The number of fused-ring (bicyclic) bond motifs is 3. The first-order valence-electron chi connectivity index (χ1n) is 11.9. The van der Waals surface area contributed by atoms with Crippen molar-refractivity contribution in [3.63, 3.8) is 0 Å². The third-order valence-corrected chi connectivity index (χ3v) is 8.21. The van der Waals surface area contributed by atoms with Crippen LogP contribution in [0.3, 0.4) is 0 Å². The Balaban J connectivity index is 1.13. The average molecular weight is 391 g/mol. The number of rotatable bonds is 2. The molecular weight excluding hydrogens is 356 g/mol. The van der Waals surface area contributed by atoms with Crippen LogP contribution in [0.25, 0.3) is 0 Å². The van der Waals surface area contributed by atoms with Gasteiger partial charge in [-0.15, -0.1) is 0 Å². The predicted molar refractivity (Wildman–Crippen MR) is 117 cm³/mol. The number of likely N-dealkylation sites (tertiary alicyclic amines) is 1. The van der Waals surface area contributed by atoms with Gasteiger partial charge < -0.3 is 9.64 Å². The second-order valence-electron chi connectivity index (χ2n) is 10.2. The number of piperidine rings is 3. The second kappa shape index (κ2) is 7.28. The Morgan fingerprint density at radius 3 is 2.90 bits per heavy atom. The lowest BCUT2D eigenvalue weighted by Gasteiger charge is -2.46. The topological polar surface area (TPSA) is 15.7 Å². The number of hydrogen-bond donors (Lipinski definition) is 0. The number of benzene rings is 1. The summed E-state index contributed by atoms with van der Waals surface area (Å²) >= 11 is 0. The summed E-state index contributed by atoms with van der Waals surface area (Å²) in [6.45, 7) is 6.02. The van der Waals surface area contributed by atoms with Gasteiger partial charge in [0.1, 0.15) is 11.4 Å². The van der Waals surface area contributed by atoms with E-state index in [0.717, 1.165) is 30.7 Å². The Hall–Kier alpha value is -1.58. The van der Waals surface area contributed by atoms with E-state index in [0.29, 0.717) is 5.92 Å². The summed E-state index contributed by atoms with van der Waals surface area (Å²) in [6.07, 6.45) is 18.3. The molecule has 4 atom stereocenters.